The van der Waals surface area contributed by atoms with Crippen molar-refractivity contribution in [2.75, 3.05) is 46.0 Å². The van der Waals surface area contributed by atoms with E-state index in [2.05, 4.69) is 25.5 Å². The van der Waals surface area contributed by atoms with E-state index in [1.165, 1.54) is 17.5 Å². The summed E-state index contributed by atoms with van der Waals surface area (Å²) >= 11 is 6.98. The smallest absolute Gasteiger partial charge is 0.408 e. The molecule has 324 valence electrons. The van der Waals surface area contributed by atoms with Crippen molar-refractivity contribution in [1.82, 2.24) is 35.4 Å². The molecule has 4 N–H and O–H groups in total. The number of hydrogen-bond donors (Lipinski definition) is 4. The standard InChI is InChI=1S/C42H54ClN7O10/c1-5-25-21-42(25,38(53)54)48-36(51)29-19-27(22-50(29)37(52)35(41(2,3)4)47-40(55)59-26-17-23-16-24(23)18-26)58-31-20-32(60-39-44-8-9-45-39)46-34-28(31)6-7-30(33(34)43)57-15-12-49-10-13-56-14-11-49/h6-9,20,23-27,29,35H,5,10-19,21-22H2,1-4H3,(H,44,45)(H,47,55)(H,48,51)(H,53,54)/t23-,24+,25-,26?,27-,29+,35-,42-/m1/s1. The summed E-state index contributed by atoms with van der Waals surface area (Å²) in [4.78, 5) is 70.1. The predicted octanol–water partition coefficient (Wildman–Crippen LogP) is 4.77. The lowest BCUT2D eigenvalue weighted by molar-refractivity contribution is -0.146. The van der Waals surface area contributed by atoms with E-state index in [-0.39, 0.29) is 48.3 Å². The molecular weight excluding hydrogens is 798 g/mol. The number of aromatic amines is 1. The number of carbonyl (C=O) groups is 4. The van der Waals surface area contributed by atoms with Crippen LogP contribution >= 0.6 is 11.6 Å². The minimum absolute atomic E-state index is 0.0187. The number of nitrogens with zero attached hydrogens (tertiary/aromatic N) is 4. The molecule has 0 spiro atoms. The van der Waals surface area contributed by atoms with E-state index in [0.29, 0.717) is 67.0 Å². The van der Waals surface area contributed by atoms with Crippen LogP contribution in [-0.4, -0.2) is 130 Å². The van der Waals surface area contributed by atoms with E-state index in [1.54, 1.807) is 24.4 Å². The maximum absolute atomic E-state index is 14.7. The highest BCUT2D eigenvalue weighted by Crippen LogP contribution is 2.52. The summed E-state index contributed by atoms with van der Waals surface area (Å²) in [5, 5.41) is 16.5. The molecule has 8 atom stereocenters. The van der Waals surface area contributed by atoms with Gasteiger partial charge in [-0.05, 0) is 61.0 Å². The van der Waals surface area contributed by atoms with Gasteiger partial charge in [-0.1, -0.05) is 45.7 Å². The maximum Gasteiger partial charge on any atom is 0.408 e. The van der Waals surface area contributed by atoms with Crippen LogP contribution in [0.2, 0.25) is 5.02 Å². The average molecular weight is 852 g/mol. The Morgan fingerprint density at radius 1 is 1.08 bits per heavy atom. The fourth-order valence-electron chi connectivity index (χ4n) is 8.98. The topological polar surface area (TPSA) is 207 Å². The van der Waals surface area contributed by atoms with Gasteiger partial charge in [-0.3, -0.25) is 14.5 Å². The monoisotopic (exact) mass is 851 g/mol. The highest BCUT2D eigenvalue weighted by Gasteiger charge is 2.61. The SMILES string of the molecule is CC[C@@H]1C[C@]1(NC(=O)[C@@H]1C[C@@H](Oc2cc(Oc3ncc[nH]3)nc3c(Cl)c(OCCN4CCOCC4)ccc23)CN1C(=O)[C@@H](NC(=O)OC1C[C@@H]2C[C@@H]2C1)C(C)(C)C)C(=O)O. The third kappa shape index (κ3) is 8.93. The van der Waals surface area contributed by atoms with E-state index in [1.807, 2.05) is 27.7 Å². The molecule has 8 rings (SSSR count). The van der Waals surface area contributed by atoms with Crippen LogP contribution in [0.25, 0.3) is 10.9 Å². The molecule has 4 heterocycles. The molecule has 1 unspecified atom stereocenters. The lowest BCUT2D eigenvalue weighted by Crippen LogP contribution is -2.59. The Balaban J connectivity index is 1.06. The van der Waals surface area contributed by atoms with E-state index in [9.17, 15) is 24.3 Å². The van der Waals surface area contributed by atoms with Gasteiger partial charge in [0.2, 0.25) is 17.7 Å². The number of ether oxygens (including phenoxy) is 5. The number of carbonyl (C=O) groups excluding carboxylic acids is 3. The number of morpholine rings is 1. The Labute approximate surface area is 353 Å². The Morgan fingerprint density at radius 3 is 2.52 bits per heavy atom. The van der Waals surface area contributed by atoms with E-state index >= 15 is 0 Å². The number of aliphatic carboxylic acids is 1. The van der Waals surface area contributed by atoms with Gasteiger partial charge in [-0.15, -0.1) is 0 Å². The molecule has 5 aliphatic rings. The Hall–Kier alpha value is -4.87. The number of hydrogen-bond acceptors (Lipinski definition) is 12. The lowest BCUT2D eigenvalue weighted by atomic mass is 9.85. The molecule has 3 aromatic rings. The van der Waals surface area contributed by atoms with Gasteiger partial charge in [0.05, 0.1) is 19.8 Å². The van der Waals surface area contributed by atoms with Gasteiger partial charge in [0.1, 0.15) is 58.5 Å². The maximum atomic E-state index is 14.7. The molecule has 1 aromatic carbocycles. The minimum atomic E-state index is -1.43. The molecule has 3 amide bonds. The number of pyridine rings is 1. The van der Waals surface area contributed by atoms with Gasteiger partial charge in [-0.2, -0.15) is 0 Å². The van der Waals surface area contributed by atoms with Crippen molar-refractivity contribution < 1.29 is 48.0 Å². The van der Waals surface area contributed by atoms with Crippen molar-refractivity contribution in [3.63, 3.8) is 0 Å². The predicted molar refractivity (Wildman–Crippen MR) is 217 cm³/mol. The molecule has 2 aliphatic heterocycles. The lowest BCUT2D eigenvalue weighted by Gasteiger charge is -2.35. The number of H-pyrrole nitrogens is 1. The second-order valence-corrected chi connectivity index (χ2v) is 18.2. The van der Waals surface area contributed by atoms with E-state index in [4.69, 9.17) is 40.3 Å². The summed E-state index contributed by atoms with van der Waals surface area (Å²) in [6.07, 6.45) is 5.14. The second-order valence-electron chi connectivity index (χ2n) is 17.8. The zero-order chi connectivity index (χ0) is 42.3. The number of halogens is 1. The van der Waals surface area contributed by atoms with Crippen molar-refractivity contribution in [3.8, 4) is 23.4 Å². The van der Waals surface area contributed by atoms with Crippen molar-refractivity contribution in [2.24, 2.45) is 23.2 Å². The van der Waals surface area contributed by atoms with E-state index in [0.717, 1.165) is 25.9 Å². The van der Waals surface area contributed by atoms with Gasteiger partial charge in [0.15, 0.2) is 0 Å². The summed E-state index contributed by atoms with van der Waals surface area (Å²) in [7, 11) is 0. The number of rotatable bonds is 15. The minimum Gasteiger partial charge on any atom is -0.491 e. The molecule has 0 radical (unpaired) electrons. The zero-order valence-electron chi connectivity index (χ0n) is 34.4. The van der Waals surface area contributed by atoms with Gasteiger partial charge < -0.3 is 49.3 Å². The summed E-state index contributed by atoms with van der Waals surface area (Å²) in [5.41, 5.74) is -1.89. The summed E-state index contributed by atoms with van der Waals surface area (Å²) in [6, 6.07) is 3.08. The molecule has 3 aliphatic carbocycles. The average Bonchev–Trinajstić information content (AvgIpc) is 3.85. The van der Waals surface area contributed by atoms with Crippen LogP contribution < -0.4 is 24.8 Å². The quantitative estimate of drug-likeness (QED) is 0.163. The van der Waals surface area contributed by atoms with Crippen molar-refractivity contribution in [2.45, 2.75) is 96.1 Å². The van der Waals surface area contributed by atoms with Crippen molar-refractivity contribution in [1.29, 1.82) is 0 Å². The molecule has 2 saturated heterocycles. The van der Waals surface area contributed by atoms with E-state index < -0.39 is 53.0 Å². The van der Waals surface area contributed by atoms with Crippen LogP contribution in [0.3, 0.4) is 0 Å². The fraction of sp³-hybridized carbons (Fsp3) is 0.619. The number of carboxylic acids is 1. The first-order valence-electron chi connectivity index (χ1n) is 21.0. The number of amides is 3. The molecule has 3 saturated carbocycles. The third-order valence-electron chi connectivity index (χ3n) is 12.6. The number of likely N-dealkylation sites (tertiary alicyclic amines) is 1. The Bertz CT molecular complexity index is 2080. The number of fused-ring (bicyclic) bond motifs is 2. The molecule has 2 aromatic heterocycles. The third-order valence-corrected chi connectivity index (χ3v) is 12.9. The summed E-state index contributed by atoms with van der Waals surface area (Å²) in [6.45, 7) is 11.3. The molecule has 0 bridgehead atoms. The van der Waals surface area contributed by atoms with Crippen LogP contribution in [-0.2, 0) is 23.9 Å². The Kier molecular flexibility index (Phi) is 11.8. The first-order chi connectivity index (χ1) is 28.7. The van der Waals surface area contributed by atoms with Crippen LogP contribution in [0.1, 0.15) is 66.2 Å². The largest absolute Gasteiger partial charge is 0.491 e. The van der Waals surface area contributed by atoms with Crippen molar-refractivity contribution >= 4 is 46.4 Å². The highest BCUT2D eigenvalue weighted by atomic mass is 35.5. The van der Waals surface area contributed by atoms with Crippen molar-refractivity contribution in [3.05, 3.63) is 35.6 Å². The second kappa shape index (κ2) is 16.9. The van der Waals surface area contributed by atoms with Crippen LogP contribution in [0.5, 0.6) is 23.4 Å². The number of aromatic nitrogens is 3. The van der Waals surface area contributed by atoms with Crippen LogP contribution in [0.4, 0.5) is 4.79 Å². The van der Waals surface area contributed by atoms with Gasteiger partial charge in [0, 0.05) is 49.9 Å². The van der Waals surface area contributed by atoms with Gasteiger partial charge in [-0.25, -0.2) is 19.6 Å². The molecule has 60 heavy (non-hydrogen) atoms. The number of nitrogens with one attached hydrogen (secondary N) is 3. The van der Waals surface area contributed by atoms with Gasteiger partial charge in [0.25, 0.3) is 6.01 Å². The first kappa shape index (κ1) is 41.8. The zero-order valence-corrected chi connectivity index (χ0v) is 35.2. The van der Waals surface area contributed by atoms with Crippen LogP contribution in [0, 0.1) is 23.2 Å². The molecule has 5 fully saturated rings. The highest BCUT2D eigenvalue weighted by molar-refractivity contribution is 6.36. The fourth-order valence-corrected chi connectivity index (χ4v) is 9.25. The first-order valence-corrected chi connectivity index (χ1v) is 21.3. The summed E-state index contributed by atoms with van der Waals surface area (Å²) in [5.74, 6) is -0.474. The number of imidazole rings is 1. The number of benzene rings is 1. The Morgan fingerprint density at radius 2 is 1.85 bits per heavy atom. The number of carboxylic acid groups (broad SMARTS) is 1. The summed E-state index contributed by atoms with van der Waals surface area (Å²) < 4.78 is 30.0. The van der Waals surface area contributed by atoms with Gasteiger partial charge >= 0.3 is 12.1 Å². The normalized spacial score (nSPS) is 27.8. The molecular formula is C42H54ClN7O10. The molecule has 18 heteroatoms. The molecule has 17 nitrogen and oxygen atoms in total. The van der Waals surface area contributed by atoms with Crippen LogP contribution in [0.15, 0.2) is 30.6 Å². The number of alkyl carbamates (subject to hydrolysis) is 1.